The number of rotatable bonds is 4. The van der Waals surface area contributed by atoms with Gasteiger partial charge in [0.2, 0.25) is 6.54 Å². The van der Waals surface area contributed by atoms with Gasteiger partial charge in [-0.1, -0.05) is 42.5 Å². The van der Waals surface area contributed by atoms with Gasteiger partial charge >= 0.3 is 6.09 Å². The zero-order chi connectivity index (χ0) is 21.7. The molecule has 1 heterocycles. The van der Waals surface area contributed by atoms with Crippen molar-refractivity contribution in [2.24, 2.45) is 0 Å². The Hall–Kier alpha value is -3.41. The Labute approximate surface area is 177 Å². The lowest BCUT2D eigenvalue weighted by molar-refractivity contribution is -0.439. The Morgan fingerprint density at radius 2 is 1.87 bits per heavy atom. The second-order valence-electron chi connectivity index (χ2n) is 8.05. The topological polar surface area (TPSA) is 58.9 Å². The molecule has 0 saturated carbocycles. The predicted octanol–water partition coefficient (Wildman–Crippen LogP) is 4.10. The first-order chi connectivity index (χ1) is 14.2. The van der Waals surface area contributed by atoms with Gasteiger partial charge in [0.15, 0.2) is 6.21 Å². The molecular formula is C24H27N2O4+. The van der Waals surface area contributed by atoms with E-state index in [1.54, 1.807) is 39.0 Å². The summed E-state index contributed by atoms with van der Waals surface area (Å²) in [7, 11) is 1.61. The summed E-state index contributed by atoms with van der Waals surface area (Å²) in [6.07, 6.45) is 2.98. The molecule has 30 heavy (non-hydrogen) atoms. The third kappa shape index (κ3) is 5.56. The van der Waals surface area contributed by atoms with E-state index in [0.717, 1.165) is 11.1 Å². The van der Waals surface area contributed by atoms with Crippen LogP contribution >= 0.6 is 0 Å². The molecule has 0 aliphatic carbocycles. The molecule has 2 aromatic rings. The molecule has 0 N–H and O–H groups in total. The minimum atomic E-state index is -0.647. The number of allylic oxidation sites excluding steroid dienone is 1. The lowest BCUT2D eigenvalue weighted by atomic mass is 10.1. The van der Waals surface area contributed by atoms with Crippen LogP contribution < -0.4 is 4.74 Å². The predicted molar refractivity (Wildman–Crippen MR) is 115 cm³/mol. The van der Waals surface area contributed by atoms with Gasteiger partial charge in [-0.05, 0) is 50.1 Å². The SMILES string of the molecule is COc1cccc(/C=C2\C=[N+](C(=O)OC(C)(C)C)CC(=O)N2Cc2ccccc2)c1. The number of methoxy groups -OCH3 is 1. The molecule has 3 rings (SSSR count). The fourth-order valence-corrected chi connectivity index (χ4v) is 3.05. The normalized spacial score (nSPS) is 15.7. The van der Waals surface area contributed by atoms with E-state index in [0.29, 0.717) is 18.0 Å². The van der Waals surface area contributed by atoms with Crippen LogP contribution in [0.4, 0.5) is 4.79 Å². The van der Waals surface area contributed by atoms with Gasteiger partial charge in [0, 0.05) is 0 Å². The Balaban J connectivity index is 2.00. The summed E-state index contributed by atoms with van der Waals surface area (Å²) in [5.74, 6) is 0.534. The lowest BCUT2D eigenvalue weighted by Crippen LogP contribution is -2.45. The first kappa shape index (κ1) is 21.3. The Morgan fingerprint density at radius 3 is 2.53 bits per heavy atom. The zero-order valence-corrected chi connectivity index (χ0v) is 17.8. The van der Waals surface area contributed by atoms with E-state index in [2.05, 4.69) is 0 Å². The number of hydrogen-bond acceptors (Lipinski definition) is 4. The van der Waals surface area contributed by atoms with Gasteiger partial charge in [0.1, 0.15) is 17.0 Å². The van der Waals surface area contributed by atoms with E-state index in [1.165, 1.54) is 4.58 Å². The summed E-state index contributed by atoms with van der Waals surface area (Å²) in [5, 5.41) is 0. The van der Waals surface area contributed by atoms with Crippen LogP contribution in [-0.4, -0.2) is 46.9 Å². The maximum Gasteiger partial charge on any atom is 0.597 e. The van der Waals surface area contributed by atoms with Gasteiger partial charge in [-0.15, -0.1) is 4.58 Å². The highest BCUT2D eigenvalue weighted by Crippen LogP contribution is 2.20. The molecule has 2 amide bonds. The van der Waals surface area contributed by atoms with Crippen LogP contribution in [0.25, 0.3) is 6.08 Å². The quantitative estimate of drug-likeness (QED) is 0.716. The fourth-order valence-electron chi connectivity index (χ4n) is 3.05. The van der Waals surface area contributed by atoms with Crippen molar-refractivity contribution in [1.29, 1.82) is 0 Å². The highest BCUT2D eigenvalue weighted by Gasteiger charge is 2.36. The molecule has 0 fully saturated rings. The van der Waals surface area contributed by atoms with E-state index >= 15 is 0 Å². The van der Waals surface area contributed by atoms with Crippen LogP contribution in [0, 0.1) is 0 Å². The van der Waals surface area contributed by atoms with Gasteiger partial charge in [-0.25, -0.2) is 0 Å². The van der Waals surface area contributed by atoms with Crippen molar-refractivity contribution in [2.45, 2.75) is 32.9 Å². The highest BCUT2D eigenvalue weighted by molar-refractivity contribution is 5.95. The van der Waals surface area contributed by atoms with Crippen LogP contribution in [0.5, 0.6) is 5.75 Å². The first-order valence-electron chi connectivity index (χ1n) is 9.80. The molecule has 156 valence electrons. The van der Waals surface area contributed by atoms with E-state index in [-0.39, 0.29) is 12.5 Å². The maximum atomic E-state index is 13.0. The second-order valence-corrected chi connectivity index (χ2v) is 8.05. The van der Waals surface area contributed by atoms with E-state index in [9.17, 15) is 9.59 Å². The standard InChI is InChI=1S/C24H27N2O4/c1-24(2,3)30-23(28)25-16-20(13-19-11-8-12-21(14-19)29-4)26(22(27)17-25)15-18-9-6-5-7-10-18/h5-14,16H,15,17H2,1-4H3/q+1/b20-13+. The molecule has 0 atom stereocenters. The third-order valence-corrected chi connectivity index (χ3v) is 4.43. The van der Waals surface area contributed by atoms with Crippen LogP contribution in [0.1, 0.15) is 31.9 Å². The van der Waals surface area contributed by atoms with Crippen molar-refractivity contribution < 1.29 is 23.6 Å². The minimum Gasteiger partial charge on any atom is -0.497 e. The maximum absolute atomic E-state index is 13.0. The minimum absolute atomic E-state index is 0.0722. The van der Waals surface area contributed by atoms with Crippen molar-refractivity contribution in [3.8, 4) is 5.75 Å². The van der Waals surface area contributed by atoms with Gasteiger partial charge in [-0.2, -0.15) is 4.79 Å². The number of amides is 2. The summed E-state index contributed by atoms with van der Waals surface area (Å²) in [6, 6.07) is 17.3. The van der Waals surface area contributed by atoms with Gasteiger partial charge in [-0.3, -0.25) is 9.69 Å². The second kappa shape index (κ2) is 8.95. The van der Waals surface area contributed by atoms with Crippen molar-refractivity contribution in [3.63, 3.8) is 0 Å². The molecule has 0 unspecified atom stereocenters. The number of carbonyl (C=O) groups is 2. The van der Waals surface area contributed by atoms with Gasteiger partial charge < -0.3 is 9.47 Å². The van der Waals surface area contributed by atoms with Gasteiger partial charge in [0.05, 0.1) is 13.7 Å². The molecule has 0 radical (unpaired) electrons. The summed E-state index contributed by atoms with van der Waals surface area (Å²) in [6.45, 7) is 5.73. The largest absolute Gasteiger partial charge is 0.597 e. The third-order valence-electron chi connectivity index (χ3n) is 4.43. The Kier molecular flexibility index (Phi) is 6.35. The Morgan fingerprint density at radius 1 is 1.13 bits per heavy atom. The van der Waals surface area contributed by atoms with E-state index in [4.69, 9.17) is 9.47 Å². The number of benzene rings is 2. The molecule has 2 aromatic carbocycles. The number of nitrogens with zero attached hydrogens (tertiary/aromatic N) is 2. The average molecular weight is 407 g/mol. The average Bonchev–Trinajstić information content (AvgIpc) is 2.70. The summed E-state index contributed by atoms with van der Waals surface area (Å²) in [5.41, 5.74) is 1.82. The molecule has 1 aliphatic heterocycles. The van der Waals surface area contributed by atoms with Gasteiger partial charge in [0.25, 0.3) is 5.91 Å². The molecule has 0 bridgehead atoms. The van der Waals surface area contributed by atoms with Crippen molar-refractivity contribution in [3.05, 3.63) is 71.4 Å². The molecular weight excluding hydrogens is 380 g/mol. The zero-order valence-electron chi connectivity index (χ0n) is 17.8. The van der Waals surface area contributed by atoms with E-state index in [1.807, 2.05) is 60.7 Å². The molecule has 0 spiro atoms. The van der Waals surface area contributed by atoms with Crippen LogP contribution in [-0.2, 0) is 16.1 Å². The number of carbonyl (C=O) groups excluding carboxylic acids is 2. The fraction of sp³-hybridized carbons (Fsp3) is 0.292. The van der Waals surface area contributed by atoms with Crippen molar-refractivity contribution in [2.75, 3.05) is 13.7 Å². The monoisotopic (exact) mass is 407 g/mol. The van der Waals surface area contributed by atoms with Crippen LogP contribution in [0.3, 0.4) is 0 Å². The van der Waals surface area contributed by atoms with E-state index < -0.39 is 11.7 Å². The molecule has 1 aliphatic rings. The molecule has 6 nitrogen and oxygen atoms in total. The number of hydrogen-bond donors (Lipinski definition) is 0. The lowest BCUT2D eigenvalue weighted by Gasteiger charge is -2.26. The molecule has 0 aromatic heterocycles. The van der Waals surface area contributed by atoms with Crippen molar-refractivity contribution >= 4 is 24.3 Å². The highest BCUT2D eigenvalue weighted by atomic mass is 16.6. The summed E-state index contributed by atoms with van der Waals surface area (Å²) in [4.78, 5) is 27.2. The summed E-state index contributed by atoms with van der Waals surface area (Å²) >= 11 is 0. The summed E-state index contributed by atoms with van der Waals surface area (Å²) < 4.78 is 12.1. The van der Waals surface area contributed by atoms with Crippen LogP contribution in [0.2, 0.25) is 0 Å². The smallest absolute Gasteiger partial charge is 0.497 e. The molecule has 0 saturated heterocycles. The number of ether oxygens (including phenoxy) is 2. The first-order valence-corrected chi connectivity index (χ1v) is 9.80. The van der Waals surface area contributed by atoms with Crippen molar-refractivity contribution in [1.82, 2.24) is 4.90 Å². The molecule has 6 heteroatoms. The van der Waals surface area contributed by atoms with Crippen LogP contribution in [0.15, 0.2) is 60.3 Å². The Bertz CT molecular complexity index is 988.